The van der Waals surface area contributed by atoms with Crippen LogP contribution in [0.4, 0.5) is 4.39 Å². The summed E-state index contributed by atoms with van der Waals surface area (Å²) >= 11 is 5.94. The summed E-state index contributed by atoms with van der Waals surface area (Å²) in [5.41, 5.74) is 0. The maximum absolute atomic E-state index is 13.2. The molecule has 2 fully saturated rings. The average molecular weight is 377 g/mol. The third-order valence-electron chi connectivity index (χ3n) is 4.55. The summed E-state index contributed by atoms with van der Waals surface area (Å²) in [5.74, 6) is -0.544. The van der Waals surface area contributed by atoms with Gasteiger partial charge in [-0.15, -0.1) is 0 Å². The Hall–Kier alpha value is -0.730. The predicted molar refractivity (Wildman–Crippen MR) is 90.2 cm³/mol. The van der Waals surface area contributed by atoms with Crippen molar-refractivity contribution in [2.45, 2.75) is 30.3 Å². The largest absolute Gasteiger partial charge is 0.377 e. The van der Waals surface area contributed by atoms with Crippen LogP contribution in [0.2, 0.25) is 5.02 Å². The van der Waals surface area contributed by atoms with Gasteiger partial charge in [0.15, 0.2) is 0 Å². The molecule has 0 aliphatic carbocycles. The van der Waals surface area contributed by atoms with Crippen molar-refractivity contribution in [1.29, 1.82) is 0 Å². The lowest BCUT2D eigenvalue weighted by Gasteiger charge is -2.24. The van der Waals surface area contributed by atoms with Gasteiger partial charge in [-0.2, -0.15) is 4.31 Å². The predicted octanol–water partition coefficient (Wildman–Crippen LogP) is 2.35. The molecule has 0 spiro atoms. The molecular weight excluding hydrogens is 355 g/mol. The quantitative estimate of drug-likeness (QED) is 0.809. The van der Waals surface area contributed by atoms with Crippen molar-refractivity contribution < 1.29 is 17.5 Å². The van der Waals surface area contributed by atoms with Gasteiger partial charge in [0.2, 0.25) is 10.0 Å². The molecule has 0 bridgehead atoms. The molecule has 2 saturated heterocycles. The molecule has 0 aromatic heterocycles. The van der Waals surface area contributed by atoms with Gasteiger partial charge in [-0.1, -0.05) is 11.6 Å². The lowest BCUT2D eigenvalue weighted by atomic mass is 10.2. The van der Waals surface area contributed by atoms with Gasteiger partial charge in [-0.05, 0) is 44.0 Å². The molecule has 24 heavy (non-hydrogen) atoms. The van der Waals surface area contributed by atoms with E-state index in [1.807, 2.05) is 0 Å². The van der Waals surface area contributed by atoms with Crippen LogP contribution >= 0.6 is 11.6 Å². The summed E-state index contributed by atoms with van der Waals surface area (Å²) in [6.07, 6.45) is 3.19. The van der Waals surface area contributed by atoms with E-state index < -0.39 is 15.8 Å². The number of sulfonamides is 1. The number of hydrogen-bond donors (Lipinski definition) is 0. The van der Waals surface area contributed by atoms with E-state index in [0.717, 1.165) is 51.1 Å². The van der Waals surface area contributed by atoms with Gasteiger partial charge in [0, 0.05) is 32.8 Å². The number of hydrogen-bond acceptors (Lipinski definition) is 4. The second kappa shape index (κ2) is 7.66. The standard InChI is InChI=1S/C16H22ClFN2O3S/c17-15-11-13(18)4-5-16(15)24(21,22)20-7-2-6-19(8-9-20)12-14-3-1-10-23-14/h4-5,11,14H,1-3,6-10,12H2. The Morgan fingerprint density at radius 2 is 2.04 bits per heavy atom. The van der Waals surface area contributed by atoms with Crippen LogP contribution in [0, 0.1) is 5.82 Å². The molecule has 0 saturated carbocycles. The number of halogens is 2. The van der Waals surface area contributed by atoms with Crippen molar-refractivity contribution in [1.82, 2.24) is 9.21 Å². The molecule has 0 N–H and O–H groups in total. The Bertz CT molecular complexity index is 680. The maximum Gasteiger partial charge on any atom is 0.244 e. The molecule has 0 radical (unpaired) electrons. The zero-order valence-electron chi connectivity index (χ0n) is 13.5. The van der Waals surface area contributed by atoms with Gasteiger partial charge in [-0.3, -0.25) is 4.90 Å². The van der Waals surface area contributed by atoms with E-state index in [1.165, 1.54) is 10.4 Å². The summed E-state index contributed by atoms with van der Waals surface area (Å²) in [5, 5.41) is -0.0736. The first-order valence-corrected chi connectivity index (χ1v) is 10.1. The molecule has 2 heterocycles. The lowest BCUT2D eigenvalue weighted by Crippen LogP contribution is -2.37. The fourth-order valence-corrected chi connectivity index (χ4v) is 5.24. The van der Waals surface area contributed by atoms with Crippen molar-refractivity contribution in [3.8, 4) is 0 Å². The van der Waals surface area contributed by atoms with E-state index in [4.69, 9.17) is 16.3 Å². The van der Waals surface area contributed by atoms with E-state index in [2.05, 4.69) is 4.90 Å². The Balaban J connectivity index is 1.68. The van der Waals surface area contributed by atoms with Crippen LogP contribution in [0.5, 0.6) is 0 Å². The minimum absolute atomic E-state index is 0.0295. The lowest BCUT2D eigenvalue weighted by molar-refractivity contribution is 0.0749. The van der Waals surface area contributed by atoms with Gasteiger partial charge < -0.3 is 4.74 Å². The summed E-state index contributed by atoms with van der Waals surface area (Å²) in [6.45, 7) is 4.04. The topological polar surface area (TPSA) is 49.9 Å². The molecule has 1 atom stereocenters. The first-order chi connectivity index (χ1) is 11.5. The summed E-state index contributed by atoms with van der Waals surface area (Å²) in [4.78, 5) is 2.23. The van der Waals surface area contributed by atoms with Gasteiger partial charge >= 0.3 is 0 Å². The minimum Gasteiger partial charge on any atom is -0.377 e. The van der Waals surface area contributed by atoms with E-state index in [1.54, 1.807) is 0 Å². The van der Waals surface area contributed by atoms with Gasteiger partial charge in [0.1, 0.15) is 10.7 Å². The molecule has 134 valence electrons. The monoisotopic (exact) mass is 376 g/mol. The Labute approximate surface area is 147 Å². The SMILES string of the molecule is O=S(=O)(c1ccc(F)cc1Cl)N1CCCN(CC2CCCO2)CC1. The van der Waals surface area contributed by atoms with Crippen LogP contribution < -0.4 is 0 Å². The van der Waals surface area contributed by atoms with Crippen LogP contribution in [0.15, 0.2) is 23.1 Å². The molecule has 3 rings (SSSR count). The molecule has 2 aliphatic rings. The molecule has 1 aromatic rings. The second-order valence-corrected chi connectivity index (χ2v) is 8.58. The fraction of sp³-hybridized carbons (Fsp3) is 0.625. The number of benzene rings is 1. The van der Waals surface area contributed by atoms with E-state index >= 15 is 0 Å². The smallest absolute Gasteiger partial charge is 0.244 e. The summed E-state index contributed by atoms with van der Waals surface area (Å²) in [6, 6.07) is 3.40. The Morgan fingerprint density at radius 1 is 1.21 bits per heavy atom. The van der Waals surface area contributed by atoms with E-state index in [0.29, 0.717) is 19.6 Å². The molecule has 5 nitrogen and oxygen atoms in total. The third-order valence-corrected chi connectivity index (χ3v) is 6.93. The molecular formula is C16H22ClFN2O3S. The number of nitrogens with zero attached hydrogens (tertiary/aromatic N) is 2. The normalized spacial score (nSPS) is 24.2. The molecule has 1 unspecified atom stereocenters. The van der Waals surface area contributed by atoms with Crippen molar-refractivity contribution >= 4 is 21.6 Å². The van der Waals surface area contributed by atoms with E-state index in [9.17, 15) is 12.8 Å². The second-order valence-electron chi connectivity index (χ2n) is 6.27. The highest BCUT2D eigenvalue weighted by Crippen LogP contribution is 2.26. The van der Waals surface area contributed by atoms with Crippen molar-refractivity contribution in [3.63, 3.8) is 0 Å². The molecule has 2 aliphatic heterocycles. The zero-order chi connectivity index (χ0) is 17.2. The molecule has 1 aromatic carbocycles. The van der Waals surface area contributed by atoms with E-state index in [-0.39, 0.29) is 16.0 Å². The van der Waals surface area contributed by atoms with Crippen molar-refractivity contribution in [2.75, 3.05) is 39.3 Å². The Kier molecular flexibility index (Phi) is 5.77. The molecule has 0 amide bonds. The summed E-state index contributed by atoms with van der Waals surface area (Å²) < 4.78 is 45.9. The highest BCUT2D eigenvalue weighted by atomic mass is 35.5. The number of rotatable bonds is 4. The Morgan fingerprint density at radius 3 is 2.75 bits per heavy atom. The molecule has 8 heteroatoms. The van der Waals surface area contributed by atoms with Gasteiger partial charge in [-0.25, -0.2) is 12.8 Å². The van der Waals surface area contributed by atoms with Crippen LogP contribution in [0.1, 0.15) is 19.3 Å². The summed E-state index contributed by atoms with van der Waals surface area (Å²) in [7, 11) is -3.71. The van der Waals surface area contributed by atoms with Gasteiger partial charge in [0.05, 0.1) is 11.1 Å². The van der Waals surface area contributed by atoms with Crippen LogP contribution in [-0.4, -0.2) is 63.1 Å². The van der Waals surface area contributed by atoms with Crippen molar-refractivity contribution in [3.05, 3.63) is 29.0 Å². The fourth-order valence-electron chi connectivity index (χ4n) is 3.27. The maximum atomic E-state index is 13.2. The number of ether oxygens (including phenoxy) is 1. The van der Waals surface area contributed by atoms with Crippen LogP contribution in [-0.2, 0) is 14.8 Å². The van der Waals surface area contributed by atoms with Crippen LogP contribution in [0.3, 0.4) is 0 Å². The average Bonchev–Trinajstić information content (AvgIpc) is 2.90. The highest BCUT2D eigenvalue weighted by molar-refractivity contribution is 7.89. The third kappa shape index (κ3) is 4.08. The highest BCUT2D eigenvalue weighted by Gasteiger charge is 2.29. The van der Waals surface area contributed by atoms with Crippen molar-refractivity contribution in [2.24, 2.45) is 0 Å². The van der Waals surface area contributed by atoms with Crippen LogP contribution in [0.25, 0.3) is 0 Å². The first kappa shape index (κ1) is 18.1. The van der Waals surface area contributed by atoms with Gasteiger partial charge in [0.25, 0.3) is 0 Å². The zero-order valence-corrected chi connectivity index (χ0v) is 15.0. The first-order valence-electron chi connectivity index (χ1n) is 8.26. The minimum atomic E-state index is -3.71.